The van der Waals surface area contributed by atoms with Crippen LogP contribution < -0.4 is 4.90 Å². The number of halogens is 3. The summed E-state index contributed by atoms with van der Waals surface area (Å²) in [6.45, 7) is 0.369. The van der Waals surface area contributed by atoms with E-state index in [2.05, 4.69) is 20.2 Å². The molecule has 0 radical (unpaired) electrons. The molecule has 3 fully saturated rings. The second-order valence-corrected chi connectivity index (χ2v) is 12.1. The Labute approximate surface area is 250 Å². The summed E-state index contributed by atoms with van der Waals surface area (Å²) < 4.78 is 18.0. The number of hydrogen-bond acceptors (Lipinski definition) is 8. The summed E-state index contributed by atoms with van der Waals surface area (Å²) in [4.78, 5) is 18.1. The molecule has 1 N–H and O–H groups in total. The van der Waals surface area contributed by atoms with Crippen molar-refractivity contribution in [1.29, 1.82) is 0 Å². The van der Waals surface area contributed by atoms with Crippen LogP contribution in [0.3, 0.4) is 0 Å². The number of carboxylic acids is 1. The molecule has 0 spiro atoms. The summed E-state index contributed by atoms with van der Waals surface area (Å²) in [6.07, 6.45) is 5.83. The molecule has 2 aromatic carbocycles. The standard InChI is InChI=1S/C29H25Cl3N4O5/c30-21-2-1-3-22(31)24(21)25-20(26(40-34-25)14-4-5-14)13-39-18-11-16-7-8-17(12-18)36(16)29-33-27(35-41-29)15-6-9-19(28(37)38)23(32)10-15/h1-3,6,9-10,14,16-18H,4-5,7-8,11-13H2,(H,37,38)/t16-,17+,18+. The number of aromatic carboxylic acids is 1. The number of nitrogens with zero attached hydrogens (tertiary/aromatic N) is 4. The van der Waals surface area contributed by atoms with Crippen LogP contribution in [0, 0.1) is 0 Å². The van der Waals surface area contributed by atoms with Gasteiger partial charge in [-0.3, -0.25) is 0 Å². The smallest absolute Gasteiger partial charge is 0.337 e. The zero-order valence-corrected chi connectivity index (χ0v) is 24.0. The van der Waals surface area contributed by atoms with Gasteiger partial charge in [0.2, 0.25) is 5.82 Å². The molecule has 3 aliphatic rings. The maximum atomic E-state index is 11.3. The summed E-state index contributed by atoms with van der Waals surface area (Å²) >= 11 is 19.2. The molecular formula is C29H25Cl3N4O5. The molecular weight excluding hydrogens is 591 g/mol. The SMILES string of the molecule is O=C(O)c1ccc(-c2noc(N3[C@@H]4CC[C@H]3C[C@@H](OCc3c(-c5c(Cl)cccc5Cl)noc3C3CC3)C4)n2)cc1Cl. The molecule has 2 bridgehead atoms. The number of carboxylic acid groups (broad SMARTS) is 1. The molecule has 2 saturated heterocycles. The maximum Gasteiger partial charge on any atom is 0.337 e. The number of carbonyl (C=O) groups is 1. The molecule has 212 valence electrons. The van der Waals surface area contributed by atoms with E-state index in [1.807, 2.05) is 6.07 Å². The zero-order valence-electron chi connectivity index (χ0n) is 21.7. The van der Waals surface area contributed by atoms with Gasteiger partial charge in [-0.25, -0.2) is 4.79 Å². The lowest BCUT2D eigenvalue weighted by molar-refractivity contribution is 0.0138. The Hall–Kier alpha value is -3.11. The third-order valence-corrected chi connectivity index (χ3v) is 9.16. The molecule has 12 heteroatoms. The average molecular weight is 616 g/mol. The topological polar surface area (TPSA) is 115 Å². The molecule has 4 aromatic rings. The molecule has 1 saturated carbocycles. The van der Waals surface area contributed by atoms with Crippen molar-refractivity contribution in [3.8, 4) is 22.6 Å². The molecule has 4 heterocycles. The Balaban J connectivity index is 1.07. The first-order chi connectivity index (χ1) is 19.9. The largest absolute Gasteiger partial charge is 0.478 e. The summed E-state index contributed by atoms with van der Waals surface area (Å²) in [5, 5.41) is 18.9. The lowest BCUT2D eigenvalue weighted by atomic mass is 9.99. The summed E-state index contributed by atoms with van der Waals surface area (Å²) in [6, 6.07) is 10.9. The van der Waals surface area contributed by atoms with Crippen LogP contribution in [-0.2, 0) is 11.3 Å². The fourth-order valence-electron chi connectivity index (χ4n) is 6.09. The Morgan fingerprint density at radius 1 is 0.976 bits per heavy atom. The molecule has 3 atom stereocenters. The molecule has 9 nitrogen and oxygen atoms in total. The van der Waals surface area contributed by atoms with E-state index in [0.717, 1.165) is 49.8 Å². The van der Waals surface area contributed by atoms with Crippen LogP contribution in [0.1, 0.15) is 66.1 Å². The maximum absolute atomic E-state index is 11.3. The molecule has 41 heavy (non-hydrogen) atoms. The van der Waals surface area contributed by atoms with Gasteiger partial charge in [0.15, 0.2) is 0 Å². The fraction of sp³-hybridized carbons (Fsp3) is 0.379. The van der Waals surface area contributed by atoms with E-state index in [0.29, 0.717) is 51.2 Å². The van der Waals surface area contributed by atoms with Crippen molar-refractivity contribution >= 4 is 46.8 Å². The Morgan fingerprint density at radius 2 is 1.71 bits per heavy atom. The van der Waals surface area contributed by atoms with Gasteiger partial charge < -0.3 is 23.8 Å². The number of benzene rings is 2. The highest BCUT2D eigenvalue weighted by Gasteiger charge is 2.44. The normalized spacial score (nSPS) is 21.9. The summed E-state index contributed by atoms with van der Waals surface area (Å²) in [5.74, 6) is 0.499. The molecule has 0 amide bonds. The van der Waals surface area contributed by atoms with Crippen molar-refractivity contribution in [2.75, 3.05) is 4.90 Å². The monoisotopic (exact) mass is 614 g/mol. The van der Waals surface area contributed by atoms with Crippen LogP contribution in [0.5, 0.6) is 0 Å². The van der Waals surface area contributed by atoms with Gasteiger partial charge in [-0.15, -0.1) is 0 Å². The average Bonchev–Trinajstić information content (AvgIpc) is 3.41. The van der Waals surface area contributed by atoms with Crippen molar-refractivity contribution in [2.45, 2.75) is 69.2 Å². The lowest BCUT2D eigenvalue weighted by Crippen LogP contribution is -2.45. The van der Waals surface area contributed by atoms with E-state index in [9.17, 15) is 9.90 Å². The highest BCUT2D eigenvalue weighted by molar-refractivity contribution is 6.39. The van der Waals surface area contributed by atoms with Crippen molar-refractivity contribution in [3.05, 3.63) is 68.4 Å². The number of fused-ring (bicyclic) bond motifs is 2. The minimum Gasteiger partial charge on any atom is -0.478 e. The van der Waals surface area contributed by atoms with E-state index < -0.39 is 5.97 Å². The van der Waals surface area contributed by atoms with Crippen LogP contribution in [0.25, 0.3) is 22.6 Å². The second kappa shape index (κ2) is 10.6. The number of rotatable bonds is 8. The van der Waals surface area contributed by atoms with Crippen molar-refractivity contribution in [1.82, 2.24) is 15.3 Å². The minimum atomic E-state index is -1.09. The first-order valence-electron chi connectivity index (χ1n) is 13.6. The number of ether oxygens (including phenoxy) is 1. The third-order valence-electron chi connectivity index (χ3n) is 8.21. The van der Waals surface area contributed by atoms with Crippen LogP contribution in [0.2, 0.25) is 15.1 Å². The quantitative estimate of drug-likeness (QED) is 0.213. The molecule has 0 unspecified atom stereocenters. The van der Waals surface area contributed by atoms with E-state index in [1.165, 1.54) is 6.07 Å². The summed E-state index contributed by atoms with van der Waals surface area (Å²) in [7, 11) is 0. The number of anilines is 1. The fourth-order valence-corrected chi connectivity index (χ4v) is 6.93. The van der Waals surface area contributed by atoms with Gasteiger partial charge in [0.05, 0.1) is 33.3 Å². The summed E-state index contributed by atoms with van der Waals surface area (Å²) in [5.41, 5.74) is 2.86. The van der Waals surface area contributed by atoms with E-state index >= 15 is 0 Å². The van der Waals surface area contributed by atoms with Crippen molar-refractivity contribution < 1.29 is 23.7 Å². The molecule has 2 aromatic heterocycles. The van der Waals surface area contributed by atoms with Gasteiger partial charge in [0.25, 0.3) is 0 Å². The number of aromatic nitrogens is 3. The predicted molar refractivity (Wildman–Crippen MR) is 153 cm³/mol. The lowest BCUT2D eigenvalue weighted by Gasteiger charge is -2.37. The number of hydrogen-bond donors (Lipinski definition) is 1. The van der Waals surface area contributed by atoms with Crippen LogP contribution in [0.15, 0.2) is 45.4 Å². The molecule has 1 aliphatic carbocycles. The predicted octanol–water partition coefficient (Wildman–Crippen LogP) is 7.64. The van der Waals surface area contributed by atoms with Crippen LogP contribution in [0.4, 0.5) is 6.01 Å². The second-order valence-electron chi connectivity index (χ2n) is 10.8. The number of piperidine rings is 1. The van der Waals surface area contributed by atoms with Gasteiger partial charge in [-0.1, -0.05) is 57.2 Å². The van der Waals surface area contributed by atoms with E-state index in [-0.39, 0.29) is 28.8 Å². The van der Waals surface area contributed by atoms with Gasteiger partial charge in [0.1, 0.15) is 11.5 Å². The Bertz CT molecular complexity index is 1600. The van der Waals surface area contributed by atoms with Crippen molar-refractivity contribution in [3.63, 3.8) is 0 Å². The van der Waals surface area contributed by atoms with Crippen LogP contribution >= 0.6 is 34.8 Å². The Kier molecular flexibility index (Phi) is 6.93. The van der Waals surface area contributed by atoms with Gasteiger partial charge in [-0.05, 0) is 62.8 Å². The van der Waals surface area contributed by atoms with E-state index in [1.54, 1.807) is 24.3 Å². The molecule has 2 aliphatic heterocycles. The van der Waals surface area contributed by atoms with Gasteiger partial charge in [-0.2, -0.15) is 4.98 Å². The molecule has 7 rings (SSSR count). The third kappa shape index (κ3) is 4.99. The zero-order chi connectivity index (χ0) is 28.2. The highest BCUT2D eigenvalue weighted by atomic mass is 35.5. The van der Waals surface area contributed by atoms with E-state index in [4.69, 9.17) is 48.6 Å². The first kappa shape index (κ1) is 26.8. The van der Waals surface area contributed by atoms with Crippen molar-refractivity contribution in [2.24, 2.45) is 0 Å². The first-order valence-corrected chi connectivity index (χ1v) is 14.7. The Morgan fingerprint density at radius 3 is 2.37 bits per heavy atom. The van der Waals surface area contributed by atoms with Crippen LogP contribution in [-0.4, -0.2) is 44.6 Å². The van der Waals surface area contributed by atoms with Gasteiger partial charge in [0, 0.05) is 34.7 Å². The minimum absolute atomic E-state index is 0.0248. The highest BCUT2D eigenvalue weighted by Crippen LogP contribution is 2.47. The van der Waals surface area contributed by atoms with Gasteiger partial charge >= 0.3 is 12.0 Å².